The molecule has 0 aliphatic rings. The Hall–Kier alpha value is -1.03. The molecule has 0 saturated heterocycles. The fourth-order valence-electron chi connectivity index (χ4n) is 0.823. The van der Waals surface area contributed by atoms with Gasteiger partial charge in [-0.3, -0.25) is 0 Å². The van der Waals surface area contributed by atoms with Crippen LogP contribution < -0.4 is 0 Å². The normalized spacial score (nSPS) is 10.3. The highest BCUT2D eigenvalue weighted by Gasteiger charge is 1.94. The van der Waals surface area contributed by atoms with Crippen LogP contribution in [0.2, 0.25) is 0 Å². The second-order valence-electron chi connectivity index (χ2n) is 2.04. The summed E-state index contributed by atoms with van der Waals surface area (Å²) in [4.78, 5) is 3.91. The van der Waals surface area contributed by atoms with Crippen LogP contribution in [0, 0.1) is 6.33 Å². The van der Waals surface area contributed by atoms with Crippen molar-refractivity contribution in [1.29, 1.82) is 0 Å². The van der Waals surface area contributed by atoms with Crippen molar-refractivity contribution in [2.75, 3.05) is 0 Å². The average Bonchev–Trinajstić information content (AvgIpc) is 2.04. The Balaban J connectivity index is 2.83. The van der Waals surface area contributed by atoms with Crippen molar-refractivity contribution in [3.05, 3.63) is 29.0 Å². The van der Waals surface area contributed by atoms with E-state index in [-0.39, 0.29) is 0 Å². The van der Waals surface area contributed by atoms with E-state index in [4.69, 9.17) is 0 Å². The molecule has 53 valence electrons. The molecule has 0 saturated carbocycles. The topological polar surface area (TPSA) is 38.7 Å². The standard InChI is InChI=1S/C7H3BrN3/c8-5-1-2-6-7(3-5)9-4-10-11-6/h1-3H. The second-order valence-corrected chi connectivity index (χ2v) is 2.96. The van der Waals surface area contributed by atoms with Crippen LogP contribution in [0.3, 0.4) is 0 Å². The minimum atomic E-state index is 0.784. The molecule has 0 bridgehead atoms. The molecule has 2 aromatic rings. The summed E-state index contributed by atoms with van der Waals surface area (Å²) < 4.78 is 0.985. The minimum absolute atomic E-state index is 0.784. The van der Waals surface area contributed by atoms with E-state index in [1.807, 2.05) is 18.2 Å². The molecule has 1 radical (unpaired) electrons. The van der Waals surface area contributed by atoms with Gasteiger partial charge in [0.1, 0.15) is 5.52 Å². The van der Waals surface area contributed by atoms with Crippen LogP contribution in [-0.4, -0.2) is 15.2 Å². The Bertz CT molecular complexity index is 388. The molecule has 3 nitrogen and oxygen atoms in total. The molecule has 1 heterocycles. The van der Waals surface area contributed by atoms with E-state index in [2.05, 4.69) is 37.4 Å². The zero-order valence-electron chi connectivity index (χ0n) is 5.45. The third-order valence-corrected chi connectivity index (χ3v) is 1.80. The fourth-order valence-corrected chi connectivity index (χ4v) is 1.17. The van der Waals surface area contributed by atoms with Gasteiger partial charge in [0, 0.05) is 4.47 Å². The van der Waals surface area contributed by atoms with Gasteiger partial charge in [0.05, 0.1) is 5.52 Å². The van der Waals surface area contributed by atoms with E-state index in [0.29, 0.717) is 0 Å². The summed E-state index contributed by atoms with van der Waals surface area (Å²) in [5.41, 5.74) is 1.58. The Labute approximate surface area is 71.6 Å². The van der Waals surface area contributed by atoms with Crippen molar-refractivity contribution in [3.63, 3.8) is 0 Å². The number of fused-ring (bicyclic) bond motifs is 1. The van der Waals surface area contributed by atoms with Gasteiger partial charge in [-0.1, -0.05) is 15.9 Å². The molecule has 11 heavy (non-hydrogen) atoms. The van der Waals surface area contributed by atoms with E-state index in [0.717, 1.165) is 15.5 Å². The van der Waals surface area contributed by atoms with Gasteiger partial charge in [0.25, 0.3) is 0 Å². The van der Waals surface area contributed by atoms with E-state index in [9.17, 15) is 0 Å². The largest absolute Gasteiger partial charge is 0.222 e. The lowest BCUT2D eigenvalue weighted by atomic mass is 10.3. The Morgan fingerprint density at radius 1 is 1.27 bits per heavy atom. The first-order chi connectivity index (χ1) is 5.36. The highest BCUT2D eigenvalue weighted by molar-refractivity contribution is 9.10. The molecule has 1 aromatic carbocycles. The van der Waals surface area contributed by atoms with Crippen LogP contribution in [0.1, 0.15) is 0 Å². The third-order valence-electron chi connectivity index (χ3n) is 1.31. The van der Waals surface area contributed by atoms with Crippen molar-refractivity contribution in [1.82, 2.24) is 15.2 Å². The van der Waals surface area contributed by atoms with Crippen molar-refractivity contribution in [2.45, 2.75) is 0 Å². The van der Waals surface area contributed by atoms with Gasteiger partial charge in [-0.05, 0) is 18.2 Å². The molecule has 0 fully saturated rings. The number of nitrogens with zero attached hydrogens (tertiary/aromatic N) is 3. The summed E-state index contributed by atoms with van der Waals surface area (Å²) in [5.74, 6) is 0. The van der Waals surface area contributed by atoms with Crippen LogP contribution in [0.4, 0.5) is 0 Å². The van der Waals surface area contributed by atoms with Gasteiger partial charge in [0.15, 0.2) is 0 Å². The van der Waals surface area contributed by atoms with E-state index >= 15 is 0 Å². The molecule has 0 aliphatic carbocycles. The van der Waals surface area contributed by atoms with Gasteiger partial charge in [-0.2, -0.15) is 0 Å². The van der Waals surface area contributed by atoms with Crippen LogP contribution in [0.25, 0.3) is 11.0 Å². The second kappa shape index (κ2) is 2.54. The maximum Gasteiger partial charge on any atom is 0.222 e. The van der Waals surface area contributed by atoms with Gasteiger partial charge in [-0.25, -0.2) is 4.98 Å². The first-order valence-corrected chi connectivity index (χ1v) is 3.81. The third kappa shape index (κ3) is 1.21. The van der Waals surface area contributed by atoms with Crippen molar-refractivity contribution < 1.29 is 0 Å². The molecule has 0 atom stereocenters. The predicted octanol–water partition coefficient (Wildman–Crippen LogP) is 1.59. The van der Waals surface area contributed by atoms with Crippen LogP contribution >= 0.6 is 15.9 Å². The highest BCUT2D eigenvalue weighted by atomic mass is 79.9. The maximum atomic E-state index is 3.91. The average molecular weight is 209 g/mol. The molecule has 0 N–H and O–H groups in total. The van der Waals surface area contributed by atoms with Crippen molar-refractivity contribution in [2.24, 2.45) is 0 Å². The molecule has 0 aliphatic heterocycles. The highest BCUT2D eigenvalue weighted by Crippen LogP contribution is 2.14. The van der Waals surface area contributed by atoms with Gasteiger partial charge < -0.3 is 0 Å². The summed E-state index contributed by atoms with van der Waals surface area (Å²) in [6.45, 7) is 0. The minimum Gasteiger partial charge on any atom is -0.222 e. The summed E-state index contributed by atoms with van der Waals surface area (Å²) in [5, 5.41) is 7.37. The Kier molecular flexibility index (Phi) is 1.54. The molecule has 0 amide bonds. The predicted molar refractivity (Wildman–Crippen MR) is 43.9 cm³/mol. The van der Waals surface area contributed by atoms with E-state index < -0.39 is 0 Å². The molecule has 1 aromatic heterocycles. The molecule has 2 rings (SSSR count). The molecule has 0 unspecified atom stereocenters. The quantitative estimate of drug-likeness (QED) is 0.661. The first kappa shape index (κ1) is 6.67. The van der Waals surface area contributed by atoms with E-state index in [1.54, 1.807) is 0 Å². The Morgan fingerprint density at radius 2 is 2.18 bits per heavy atom. The number of halogens is 1. The zero-order valence-corrected chi connectivity index (χ0v) is 7.04. The number of hydrogen-bond donors (Lipinski definition) is 0. The smallest absolute Gasteiger partial charge is 0.222 e. The van der Waals surface area contributed by atoms with Crippen LogP contribution in [0.5, 0.6) is 0 Å². The van der Waals surface area contributed by atoms with Crippen LogP contribution in [-0.2, 0) is 0 Å². The Morgan fingerprint density at radius 3 is 3.09 bits per heavy atom. The van der Waals surface area contributed by atoms with Gasteiger partial charge in [0.2, 0.25) is 6.33 Å². The van der Waals surface area contributed by atoms with Crippen molar-refractivity contribution in [3.8, 4) is 0 Å². The van der Waals surface area contributed by atoms with Crippen LogP contribution in [0.15, 0.2) is 22.7 Å². The number of benzene rings is 1. The number of aromatic nitrogens is 3. The lowest BCUT2D eigenvalue weighted by Crippen LogP contribution is -1.85. The SMILES string of the molecule is Brc1ccc2nn[c]nc2c1. The summed E-state index contributed by atoms with van der Waals surface area (Å²) in [6, 6.07) is 5.63. The lowest BCUT2D eigenvalue weighted by molar-refractivity contribution is 1.01. The number of hydrogen-bond acceptors (Lipinski definition) is 3. The maximum absolute atomic E-state index is 3.91. The summed E-state index contributed by atoms with van der Waals surface area (Å²) in [6.07, 6.45) is 2.43. The first-order valence-electron chi connectivity index (χ1n) is 3.02. The molecule has 4 heteroatoms. The number of rotatable bonds is 0. The molecular weight excluding hydrogens is 206 g/mol. The summed E-state index contributed by atoms with van der Waals surface area (Å²) in [7, 11) is 0. The lowest BCUT2D eigenvalue weighted by Gasteiger charge is -1.92. The fraction of sp³-hybridized carbons (Fsp3) is 0. The van der Waals surface area contributed by atoms with Gasteiger partial charge >= 0.3 is 0 Å². The molecular formula is C7H3BrN3. The van der Waals surface area contributed by atoms with Gasteiger partial charge in [-0.15, -0.1) is 10.2 Å². The van der Waals surface area contributed by atoms with Crippen molar-refractivity contribution >= 4 is 27.0 Å². The summed E-state index contributed by atoms with van der Waals surface area (Å²) >= 11 is 3.33. The monoisotopic (exact) mass is 208 g/mol. The zero-order chi connectivity index (χ0) is 7.68. The molecule has 0 spiro atoms. The van der Waals surface area contributed by atoms with E-state index in [1.165, 1.54) is 0 Å².